The van der Waals surface area contributed by atoms with E-state index < -0.39 is 23.3 Å². The van der Waals surface area contributed by atoms with Crippen LogP contribution in [0.15, 0.2) is 82.9 Å². The minimum absolute atomic E-state index is 0.0565. The molecule has 4 atom stereocenters. The van der Waals surface area contributed by atoms with Crippen LogP contribution in [0, 0.1) is 33.8 Å². The summed E-state index contributed by atoms with van der Waals surface area (Å²) in [6, 6.07) is 17.5. The molecule has 236 valence electrons. The molecule has 2 amide bonds. The Morgan fingerprint density at radius 2 is 1.79 bits per heavy atom. The van der Waals surface area contributed by atoms with Crippen molar-refractivity contribution < 1.29 is 28.8 Å². The van der Waals surface area contributed by atoms with Gasteiger partial charge in [-0.3, -0.25) is 29.4 Å². The summed E-state index contributed by atoms with van der Waals surface area (Å²) in [7, 11) is 0. The van der Waals surface area contributed by atoms with Gasteiger partial charge in [0, 0.05) is 33.1 Å². The van der Waals surface area contributed by atoms with Crippen LogP contribution >= 0.6 is 15.9 Å². The number of amides is 2. The number of allylic oxidation sites excluding steroid dienone is 2. The van der Waals surface area contributed by atoms with Crippen molar-refractivity contribution in [2.24, 2.45) is 23.7 Å². The third-order valence-electron chi connectivity index (χ3n) is 9.57. The normalized spacial score (nSPS) is 21.3. The molecule has 4 unspecified atom stereocenters. The predicted octanol–water partition coefficient (Wildman–Crippen LogP) is 6.88. The maximum atomic E-state index is 13.5. The van der Waals surface area contributed by atoms with Gasteiger partial charge in [-0.15, -0.1) is 0 Å². The molecule has 2 bridgehead atoms. The number of carbonyl (C=O) groups is 4. The van der Waals surface area contributed by atoms with Crippen LogP contribution in [0.4, 0.5) is 11.4 Å². The first kappa shape index (κ1) is 30.6. The van der Waals surface area contributed by atoms with Crippen molar-refractivity contribution in [1.82, 2.24) is 4.98 Å². The van der Waals surface area contributed by atoms with Crippen molar-refractivity contribution in [2.75, 3.05) is 11.5 Å². The Kier molecular flexibility index (Phi) is 7.59. The summed E-state index contributed by atoms with van der Waals surface area (Å²) in [5.41, 5.74) is 4.28. The SMILES string of the molecule is CCc1cc(Br)cc2c(C(=O)OCC(=O)c3cccc([N+](=O)[O-])c3)cc(-c3ccc(N4C(=O)C5C6C=C(C)C(C6)C5C4=O)cc3)nc12. The van der Waals surface area contributed by atoms with E-state index in [1.807, 2.05) is 19.9 Å². The van der Waals surface area contributed by atoms with Gasteiger partial charge in [0.15, 0.2) is 6.61 Å². The van der Waals surface area contributed by atoms with Gasteiger partial charge < -0.3 is 4.74 Å². The number of ether oxygens (including phenoxy) is 1. The summed E-state index contributed by atoms with van der Waals surface area (Å²) in [6.45, 7) is 3.40. The maximum absolute atomic E-state index is 13.5. The number of anilines is 1. The number of imide groups is 1. The fraction of sp³-hybridized carbons (Fsp3) is 0.250. The molecule has 2 heterocycles. The molecule has 0 radical (unpaired) electrons. The standard InChI is InChI=1S/C36H28BrN3O7/c1-3-19-12-23(37)15-27-28(36(44)47-17-30(41)21-5-4-6-25(13-21)40(45)46)16-29(38-33(19)27)20-7-9-24(10-8-20)39-34(42)31-22-11-18(2)26(14-22)32(31)35(39)43/h4-13,15-16,22,26,31-32H,3,14,17H2,1-2H3. The third-order valence-corrected chi connectivity index (χ3v) is 10.0. The van der Waals surface area contributed by atoms with Crippen molar-refractivity contribution in [3.05, 3.63) is 110 Å². The van der Waals surface area contributed by atoms with Crippen molar-refractivity contribution in [3.8, 4) is 11.3 Å². The van der Waals surface area contributed by atoms with Crippen LogP contribution in [-0.4, -0.2) is 40.1 Å². The zero-order chi connectivity index (χ0) is 33.1. The number of nitro benzene ring substituents is 1. The average molecular weight is 695 g/mol. The second-order valence-electron chi connectivity index (χ2n) is 12.2. The summed E-state index contributed by atoms with van der Waals surface area (Å²) in [5, 5.41) is 11.7. The Hall–Kier alpha value is -5.03. The van der Waals surface area contributed by atoms with Gasteiger partial charge in [-0.25, -0.2) is 9.78 Å². The molecule has 2 aliphatic carbocycles. The highest BCUT2D eigenvalue weighted by Gasteiger charge is 2.60. The summed E-state index contributed by atoms with van der Waals surface area (Å²) in [4.78, 5) is 69.9. The number of carbonyl (C=O) groups excluding carboxylic acids is 4. The maximum Gasteiger partial charge on any atom is 0.339 e. The first-order valence-corrected chi connectivity index (χ1v) is 16.1. The molecular formula is C36H28BrN3O7. The van der Waals surface area contributed by atoms with Crippen LogP contribution in [0.1, 0.15) is 46.5 Å². The van der Waals surface area contributed by atoms with Crippen molar-refractivity contribution in [3.63, 3.8) is 0 Å². The number of hydrogen-bond acceptors (Lipinski definition) is 8. The Morgan fingerprint density at radius 1 is 1.04 bits per heavy atom. The lowest BCUT2D eigenvalue weighted by atomic mass is 9.82. The number of benzene rings is 3. The van der Waals surface area contributed by atoms with E-state index in [9.17, 15) is 29.3 Å². The summed E-state index contributed by atoms with van der Waals surface area (Å²) in [6.07, 6.45) is 3.64. The average Bonchev–Trinajstić information content (AvgIpc) is 3.72. The van der Waals surface area contributed by atoms with Crippen LogP contribution in [0.3, 0.4) is 0 Å². The minimum atomic E-state index is -0.757. The van der Waals surface area contributed by atoms with Crippen LogP contribution in [-0.2, 0) is 20.7 Å². The van der Waals surface area contributed by atoms with Crippen molar-refractivity contribution >= 4 is 61.8 Å². The number of nitro groups is 1. The summed E-state index contributed by atoms with van der Waals surface area (Å²) in [5.74, 6) is -2.02. The number of rotatable bonds is 8. The number of ketones is 1. The monoisotopic (exact) mass is 693 g/mol. The lowest BCUT2D eigenvalue weighted by Crippen LogP contribution is -2.32. The van der Waals surface area contributed by atoms with E-state index in [-0.39, 0.29) is 52.3 Å². The molecule has 0 spiro atoms. The lowest BCUT2D eigenvalue weighted by molar-refractivity contribution is -0.384. The predicted molar refractivity (Wildman–Crippen MR) is 177 cm³/mol. The largest absolute Gasteiger partial charge is 0.454 e. The van der Waals surface area contributed by atoms with Gasteiger partial charge in [-0.1, -0.05) is 58.8 Å². The molecule has 3 aliphatic rings. The van der Waals surface area contributed by atoms with Gasteiger partial charge in [-0.2, -0.15) is 0 Å². The van der Waals surface area contributed by atoms with Gasteiger partial charge >= 0.3 is 5.97 Å². The Morgan fingerprint density at radius 3 is 2.51 bits per heavy atom. The van der Waals surface area contributed by atoms with Gasteiger partial charge in [0.05, 0.1) is 39.2 Å². The molecule has 1 saturated heterocycles. The van der Waals surface area contributed by atoms with Crippen LogP contribution in [0.2, 0.25) is 0 Å². The topological polar surface area (TPSA) is 137 Å². The molecule has 10 nitrogen and oxygen atoms in total. The Bertz CT molecular complexity index is 2070. The van der Waals surface area contributed by atoms with Crippen LogP contribution in [0.25, 0.3) is 22.2 Å². The zero-order valence-electron chi connectivity index (χ0n) is 25.4. The van der Waals surface area contributed by atoms with Gasteiger partial charge in [0.1, 0.15) is 0 Å². The Labute approximate surface area is 277 Å². The smallest absolute Gasteiger partial charge is 0.339 e. The number of nitrogens with zero attached hydrogens (tertiary/aromatic N) is 3. The highest BCUT2D eigenvalue weighted by molar-refractivity contribution is 9.10. The third kappa shape index (κ3) is 5.14. The molecule has 1 aliphatic heterocycles. The van der Waals surface area contributed by atoms with E-state index in [1.165, 1.54) is 28.7 Å². The highest BCUT2D eigenvalue weighted by Crippen LogP contribution is 2.56. The lowest BCUT2D eigenvalue weighted by Gasteiger charge is -2.19. The zero-order valence-corrected chi connectivity index (χ0v) is 27.0. The van der Waals surface area contributed by atoms with E-state index in [4.69, 9.17) is 9.72 Å². The molecule has 7 rings (SSSR count). The van der Waals surface area contributed by atoms with E-state index in [0.717, 1.165) is 22.5 Å². The number of Topliss-reactive ketones (excluding diaryl/α,β-unsaturated/α-hetero) is 1. The second-order valence-corrected chi connectivity index (χ2v) is 13.1. The molecule has 1 aromatic heterocycles. The van der Waals surface area contributed by atoms with Crippen LogP contribution in [0.5, 0.6) is 0 Å². The minimum Gasteiger partial charge on any atom is -0.454 e. The number of aromatic nitrogens is 1. The van der Waals surface area contributed by atoms with Gasteiger partial charge in [0.25, 0.3) is 5.69 Å². The first-order chi connectivity index (χ1) is 22.5. The number of non-ortho nitro benzene ring substituents is 1. The van der Waals surface area contributed by atoms with Crippen molar-refractivity contribution in [1.29, 1.82) is 0 Å². The molecule has 47 heavy (non-hydrogen) atoms. The Balaban J connectivity index is 1.19. The number of pyridine rings is 1. The van der Waals surface area contributed by atoms with E-state index in [2.05, 4.69) is 22.0 Å². The molecule has 3 aromatic carbocycles. The summed E-state index contributed by atoms with van der Waals surface area (Å²) >= 11 is 3.51. The fourth-order valence-corrected chi connectivity index (χ4v) is 7.85. The molecule has 2 fully saturated rings. The number of halogens is 1. The molecule has 1 saturated carbocycles. The van der Waals surface area contributed by atoms with E-state index >= 15 is 0 Å². The molecule has 0 N–H and O–H groups in total. The molecule has 4 aromatic rings. The van der Waals surface area contributed by atoms with Gasteiger partial charge in [-0.05, 0) is 67.5 Å². The van der Waals surface area contributed by atoms with E-state index in [1.54, 1.807) is 36.4 Å². The first-order valence-electron chi connectivity index (χ1n) is 15.3. The fourth-order valence-electron chi connectivity index (χ4n) is 7.34. The van der Waals surface area contributed by atoms with Crippen LogP contribution < -0.4 is 4.90 Å². The second kappa shape index (κ2) is 11.6. The molecular weight excluding hydrogens is 666 g/mol. The quantitative estimate of drug-likeness (QED) is 0.0487. The highest BCUT2D eigenvalue weighted by atomic mass is 79.9. The summed E-state index contributed by atoms with van der Waals surface area (Å²) < 4.78 is 6.19. The van der Waals surface area contributed by atoms with Gasteiger partial charge in [0.2, 0.25) is 17.6 Å². The number of esters is 1. The molecule has 11 heteroatoms. The number of hydrogen-bond donors (Lipinski definition) is 0. The number of aryl methyl sites for hydroxylation is 1. The number of fused-ring (bicyclic) bond motifs is 6. The van der Waals surface area contributed by atoms with E-state index in [0.29, 0.717) is 34.3 Å². The van der Waals surface area contributed by atoms with Crippen molar-refractivity contribution in [2.45, 2.75) is 26.7 Å².